The number of rotatable bonds is 4. The molecule has 0 atom stereocenters. The largest absolute Gasteiger partial charge is 0.522 e. The number of ether oxygens (including phenoxy) is 1. The molecule has 1 aliphatic carbocycles. The van der Waals surface area contributed by atoms with Crippen molar-refractivity contribution in [1.82, 2.24) is 29.5 Å². The molecule has 0 aromatic carbocycles. The monoisotopic (exact) mass is 435 g/mol. The first kappa shape index (κ1) is 19.7. The zero-order valence-electron chi connectivity index (χ0n) is 16.0. The SMILES string of the molecule is Fc1cc(-c2c[nH]c3nc(NC4CCC(OC(F)(F)F)CC4)ncc23)cn2ncnc12. The lowest BCUT2D eigenvalue weighted by Crippen LogP contribution is -2.33. The Morgan fingerprint density at radius 2 is 1.97 bits per heavy atom. The fraction of sp³-hybridized carbons (Fsp3) is 0.368. The summed E-state index contributed by atoms with van der Waals surface area (Å²) in [5.41, 5.74) is 2.00. The van der Waals surface area contributed by atoms with Gasteiger partial charge in [0, 0.05) is 41.1 Å². The highest BCUT2D eigenvalue weighted by molar-refractivity contribution is 5.93. The van der Waals surface area contributed by atoms with Gasteiger partial charge in [0.25, 0.3) is 0 Å². The van der Waals surface area contributed by atoms with E-state index in [1.807, 2.05) is 0 Å². The van der Waals surface area contributed by atoms with Gasteiger partial charge in [-0.1, -0.05) is 0 Å². The van der Waals surface area contributed by atoms with Crippen molar-refractivity contribution in [3.8, 4) is 11.1 Å². The van der Waals surface area contributed by atoms with Crippen molar-refractivity contribution in [2.75, 3.05) is 5.32 Å². The van der Waals surface area contributed by atoms with Crippen LogP contribution >= 0.6 is 0 Å². The topological polar surface area (TPSA) is 93.0 Å². The van der Waals surface area contributed by atoms with E-state index in [0.717, 1.165) is 0 Å². The number of fused-ring (bicyclic) bond motifs is 2. The Labute approximate surface area is 172 Å². The lowest BCUT2D eigenvalue weighted by atomic mass is 9.93. The summed E-state index contributed by atoms with van der Waals surface area (Å²) >= 11 is 0. The number of alkyl halides is 3. The van der Waals surface area contributed by atoms with Gasteiger partial charge in [0.05, 0.1) is 6.10 Å². The minimum Gasteiger partial charge on any atom is -0.351 e. The fourth-order valence-electron chi connectivity index (χ4n) is 3.95. The van der Waals surface area contributed by atoms with Crippen LogP contribution in [-0.4, -0.2) is 48.1 Å². The van der Waals surface area contributed by atoms with Crippen molar-refractivity contribution in [2.24, 2.45) is 0 Å². The summed E-state index contributed by atoms with van der Waals surface area (Å²) in [4.78, 5) is 15.7. The predicted molar refractivity (Wildman–Crippen MR) is 103 cm³/mol. The maximum absolute atomic E-state index is 14.3. The number of nitrogens with zero attached hydrogens (tertiary/aromatic N) is 5. The maximum atomic E-state index is 14.3. The molecule has 0 aliphatic heterocycles. The van der Waals surface area contributed by atoms with Crippen molar-refractivity contribution < 1.29 is 22.3 Å². The second kappa shape index (κ2) is 7.45. The van der Waals surface area contributed by atoms with Crippen LogP contribution in [-0.2, 0) is 4.74 Å². The number of H-pyrrole nitrogens is 1. The quantitative estimate of drug-likeness (QED) is 0.470. The van der Waals surface area contributed by atoms with E-state index in [4.69, 9.17) is 0 Å². The number of nitrogens with one attached hydrogen (secondary N) is 2. The summed E-state index contributed by atoms with van der Waals surface area (Å²) < 4.78 is 56.8. The van der Waals surface area contributed by atoms with Crippen molar-refractivity contribution >= 4 is 22.6 Å². The third kappa shape index (κ3) is 4.02. The first-order valence-corrected chi connectivity index (χ1v) is 9.70. The molecule has 0 bridgehead atoms. The molecule has 12 heteroatoms. The molecule has 0 amide bonds. The van der Waals surface area contributed by atoms with Crippen LogP contribution in [0.2, 0.25) is 0 Å². The Balaban J connectivity index is 1.32. The van der Waals surface area contributed by atoms with Gasteiger partial charge >= 0.3 is 6.36 Å². The Kier molecular flexibility index (Phi) is 4.73. The van der Waals surface area contributed by atoms with Gasteiger partial charge in [0.2, 0.25) is 5.95 Å². The number of aromatic amines is 1. The van der Waals surface area contributed by atoms with Gasteiger partial charge in [-0.2, -0.15) is 10.1 Å². The van der Waals surface area contributed by atoms with Crippen molar-refractivity contribution in [2.45, 2.75) is 44.2 Å². The van der Waals surface area contributed by atoms with Crippen LogP contribution in [0.15, 0.2) is 31.0 Å². The van der Waals surface area contributed by atoms with Gasteiger partial charge in [-0.15, -0.1) is 13.2 Å². The molecule has 1 aliphatic rings. The number of hydrogen-bond donors (Lipinski definition) is 2. The Hall–Kier alpha value is -3.28. The van der Waals surface area contributed by atoms with Crippen LogP contribution in [0.3, 0.4) is 0 Å². The van der Waals surface area contributed by atoms with Gasteiger partial charge < -0.3 is 10.3 Å². The van der Waals surface area contributed by atoms with E-state index in [0.29, 0.717) is 53.8 Å². The van der Waals surface area contributed by atoms with E-state index in [1.165, 1.54) is 16.9 Å². The number of hydrogen-bond acceptors (Lipinski definition) is 6. The first-order chi connectivity index (χ1) is 14.9. The van der Waals surface area contributed by atoms with Crippen molar-refractivity contribution in [1.29, 1.82) is 0 Å². The average molecular weight is 435 g/mol. The Morgan fingerprint density at radius 3 is 2.74 bits per heavy atom. The molecule has 2 N–H and O–H groups in total. The number of anilines is 1. The maximum Gasteiger partial charge on any atom is 0.522 e. The molecular formula is C19H17F4N7O. The van der Waals surface area contributed by atoms with Crippen LogP contribution < -0.4 is 5.32 Å². The smallest absolute Gasteiger partial charge is 0.351 e. The molecule has 8 nitrogen and oxygen atoms in total. The zero-order chi connectivity index (χ0) is 21.6. The highest BCUT2D eigenvalue weighted by Crippen LogP contribution is 2.31. The summed E-state index contributed by atoms with van der Waals surface area (Å²) in [6.07, 6.45) is 2.53. The highest BCUT2D eigenvalue weighted by atomic mass is 19.4. The molecule has 0 spiro atoms. The van der Waals surface area contributed by atoms with Crippen LogP contribution in [0.4, 0.5) is 23.5 Å². The second-order valence-electron chi connectivity index (χ2n) is 7.44. The zero-order valence-corrected chi connectivity index (χ0v) is 16.0. The van der Waals surface area contributed by atoms with Crippen LogP contribution in [0.1, 0.15) is 25.7 Å². The van der Waals surface area contributed by atoms with Gasteiger partial charge in [-0.05, 0) is 31.7 Å². The molecule has 0 unspecified atom stereocenters. The molecule has 5 rings (SSSR count). The minimum atomic E-state index is -4.61. The summed E-state index contributed by atoms with van der Waals surface area (Å²) in [6.45, 7) is 0. The third-order valence-electron chi connectivity index (χ3n) is 5.38. The molecule has 4 aromatic rings. The number of aromatic nitrogens is 6. The van der Waals surface area contributed by atoms with E-state index in [1.54, 1.807) is 18.6 Å². The predicted octanol–water partition coefficient (Wildman–Crippen LogP) is 4.07. The van der Waals surface area contributed by atoms with Crippen molar-refractivity contribution in [3.05, 3.63) is 36.8 Å². The molecule has 1 saturated carbocycles. The molecule has 0 saturated heterocycles. The van der Waals surface area contributed by atoms with Gasteiger partial charge in [-0.25, -0.2) is 18.9 Å². The van der Waals surface area contributed by atoms with Crippen LogP contribution in [0, 0.1) is 5.82 Å². The second-order valence-corrected chi connectivity index (χ2v) is 7.44. The lowest BCUT2D eigenvalue weighted by molar-refractivity contribution is -0.345. The summed E-state index contributed by atoms with van der Waals surface area (Å²) in [6, 6.07) is 1.34. The Bertz CT molecular complexity index is 1230. The average Bonchev–Trinajstić information content (AvgIpc) is 3.35. The molecule has 31 heavy (non-hydrogen) atoms. The van der Waals surface area contributed by atoms with E-state index >= 15 is 0 Å². The Morgan fingerprint density at radius 1 is 1.16 bits per heavy atom. The molecule has 4 heterocycles. The van der Waals surface area contributed by atoms with Crippen molar-refractivity contribution in [3.63, 3.8) is 0 Å². The van der Waals surface area contributed by atoms with Gasteiger partial charge in [0.1, 0.15) is 12.0 Å². The minimum absolute atomic E-state index is 0.0382. The fourth-order valence-corrected chi connectivity index (χ4v) is 3.95. The number of pyridine rings is 1. The molecule has 1 fully saturated rings. The molecule has 0 radical (unpaired) electrons. The molecular weight excluding hydrogens is 418 g/mol. The summed E-state index contributed by atoms with van der Waals surface area (Å²) in [7, 11) is 0. The van der Waals surface area contributed by atoms with Crippen LogP contribution in [0.25, 0.3) is 27.8 Å². The van der Waals surface area contributed by atoms with E-state index in [9.17, 15) is 17.6 Å². The molecule has 4 aromatic heterocycles. The van der Waals surface area contributed by atoms with Crippen LogP contribution in [0.5, 0.6) is 0 Å². The van der Waals surface area contributed by atoms with E-state index < -0.39 is 18.3 Å². The standard InChI is InChI=1S/C19H17F4N7O/c20-15-5-10(8-30-17(15)26-9-27-30)13-6-24-16-14(13)7-25-18(29-16)28-11-1-3-12(4-2-11)31-19(21,22)23/h5-9,11-12H,1-4H2,(H2,24,25,28,29). The van der Waals surface area contributed by atoms with E-state index in [2.05, 4.69) is 35.1 Å². The summed E-state index contributed by atoms with van der Waals surface area (Å²) in [5, 5.41) is 7.85. The lowest BCUT2D eigenvalue weighted by Gasteiger charge is -2.29. The van der Waals surface area contributed by atoms with Gasteiger partial charge in [-0.3, -0.25) is 4.74 Å². The molecule has 162 valence electrons. The highest BCUT2D eigenvalue weighted by Gasteiger charge is 2.35. The normalized spacial score (nSPS) is 19.9. The van der Waals surface area contributed by atoms with E-state index in [-0.39, 0.29) is 11.7 Å². The number of halogens is 4. The summed E-state index contributed by atoms with van der Waals surface area (Å²) in [5.74, 6) is -0.118. The first-order valence-electron chi connectivity index (χ1n) is 9.70. The van der Waals surface area contributed by atoms with Gasteiger partial charge in [0.15, 0.2) is 11.5 Å². The third-order valence-corrected chi connectivity index (χ3v) is 5.38.